The smallest absolute Gasteiger partial charge is 0.0386 e. The van der Waals surface area contributed by atoms with Gasteiger partial charge in [-0.15, -0.1) is 11.3 Å². The Balaban J connectivity index is 1.57. The fourth-order valence-electron chi connectivity index (χ4n) is 3.03. The molecule has 20 heavy (non-hydrogen) atoms. The third-order valence-corrected chi connectivity index (χ3v) is 5.70. The van der Waals surface area contributed by atoms with E-state index in [-0.39, 0.29) is 0 Å². The molecule has 0 spiro atoms. The van der Waals surface area contributed by atoms with Crippen LogP contribution in [0.25, 0.3) is 10.1 Å². The lowest BCUT2D eigenvalue weighted by molar-refractivity contribution is 0.336. The van der Waals surface area contributed by atoms with Crippen molar-refractivity contribution in [2.24, 2.45) is 5.92 Å². The van der Waals surface area contributed by atoms with Crippen LogP contribution in [-0.4, -0.2) is 31.1 Å². The lowest BCUT2D eigenvalue weighted by Gasteiger charge is -2.17. The van der Waals surface area contributed by atoms with Crippen molar-refractivity contribution in [2.75, 3.05) is 26.2 Å². The highest BCUT2D eigenvalue weighted by molar-refractivity contribution is 7.19. The minimum atomic E-state index is 0.461. The molecule has 1 saturated heterocycles. The molecule has 2 atom stereocenters. The normalized spacial score (nSPS) is 21.6. The van der Waals surface area contributed by atoms with Gasteiger partial charge in [-0.25, -0.2) is 0 Å². The number of likely N-dealkylation sites (tertiary alicyclic amines) is 1. The Bertz CT molecular complexity index is 530. The maximum absolute atomic E-state index is 3.73. The molecular formula is C17H24N2S. The second-order valence-corrected chi connectivity index (χ2v) is 6.98. The number of fused-ring (bicyclic) bond motifs is 1. The zero-order chi connectivity index (χ0) is 13.9. The van der Waals surface area contributed by atoms with Crippen molar-refractivity contribution < 1.29 is 0 Å². The van der Waals surface area contributed by atoms with Crippen molar-refractivity contribution in [3.8, 4) is 0 Å². The molecule has 0 radical (unpaired) electrons. The van der Waals surface area contributed by atoms with Gasteiger partial charge in [-0.2, -0.15) is 0 Å². The van der Waals surface area contributed by atoms with Crippen molar-refractivity contribution in [3.05, 3.63) is 35.2 Å². The van der Waals surface area contributed by atoms with Crippen LogP contribution in [0, 0.1) is 5.92 Å². The van der Waals surface area contributed by atoms with E-state index < -0.39 is 0 Å². The van der Waals surface area contributed by atoms with Crippen molar-refractivity contribution in [3.63, 3.8) is 0 Å². The summed E-state index contributed by atoms with van der Waals surface area (Å²) >= 11 is 1.92. The van der Waals surface area contributed by atoms with Crippen LogP contribution in [0.15, 0.2) is 30.3 Å². The molecule has 0 aliphatic carbocycles. The summed E-state index contributed by atoms with van der Waals surface area (Å²) in [7, 11) is 0. The second kappa shape index (κ2) is 6.25. The third kappa shape index (κ3) is 3.05. The van der Waals surface area contributed by atoms with Crippen LogP contribution >= 0.6 is 11.3 Å². The van der Waals surface area contributed by atoms with Gasteiger partial charge in [-0.3, -0.25) is 0 Å². The quantitative estimate of drug-likeness (QED) is 0.898. The van der Waals surface area contributed by atoms with E-state index in [9.17, 15) is 0 Å². The number of hydrogen-bond donors (Lipinski definition) is 1. The molecule has 2 nitrogen and oxygen atoms in total. The van der Waals surface area contributed by atoms with E-state index in [2.05, 4.69) is 54.4 Å². The summed E-state index contributed by atoms with van der Waals surface area (Å²) in [5.74, 6) is 0.826. The lowest BCUT2D eigenvalue weighted by atomic mass is 10.1. The molecule has 108 valence electrons. The van der Waals surface area contributed by atoms with Gasteiger partial charge in [0.15, 0.2) is 0 Å². The van der Waals surface area contributed by atoms with Crippen molar-refractivity contribution in [2.45, 2.75) is 26.3 Å². The van der Waals surface area contributed by atoms with Crippen LogP contribution in [0.5, 0.6) is 0 Å². The van der Waals surface area contributed by atoms with Crippen LogP contribution in [-0.2, 0) is 0 Å². The molecule has 1 fully saturated rings. The second-order valence-electron chi connectivity index (χ2n) is 5.86. The van der Waals surface area contributed by atoms with Crippen molar-refractivity contribution in [1.82, 2.24) is 10.2 Å². The minimum absolute atomic E-state index is 0.461. The minimum Gasteiger partial charge on any atom is -0.309 e. The molecule has 2 unspecified atom stereocenters. The van der Waals surface area contributed by atoms with E-state index in [0.717, 1.165) is 12.5 Å². The van der Waals surface area contributed by atoms with Gasteiger partial charge in [-0.05, 0) is 56.4 Å². The van der Waals surface area contributed by atoms with Gasteiger partial charge in [0.05, 0.1) is 0 Å². The summed E-state index contributed by atoms with van der Waals surface area (Å²) < 4.78 is 1.40. The van der Waals surface area contributed by atoms with Crippen LogP contribution < -0.4 is 5.32 Å². The Labute approximate surface area is 125 Å². The van der Waals surface area contributed by atoms with Crippen LogP contribution in [0.4, 0.5) is 0 Å². The fourth-order valence-corrected chi connectivity index (χ4v) is 4.12. The summed E-state index contributed by atoms with van der Waals surface area (Å²) in [6, 6.07) is 11.5. The number of thiophene rings is 1. The summed E-state index contributed by atoms with van der Waals surface area (Å²) in [4.78, 5) is 4.01. The molecule has 1 aromatic heterocycles. The molecule has 0 amide bonds. The topological polar surface area (TPSA) is 15.3 Å². The molecule has 1 aliphatic heterocycles. The van der Waals surface area contributed by atoms with Gasteiger partial charge >= 0.3 is 0 Å². The highest BCUT2D eigenvalue weighted by Gasteiger charge is 2.21. The van der Waals surface area contributed by atoms with Gasteiger partial charge in [-0.1, -0.05) is 25.1 Å². The molecular weight excluding hydrogens is 264 g/mol. The Morgan fingerprint density at radius 1 is 1.40 bits per heavy atom. The zero-order valence-corrected chi connectivity index (χ0v) is 13.2. The fraction of sp³-hybridized carbons (Fsp3) is 0.529. The largest absolute Gasteiger partial charge is 0.309 e. The van der Waals surface area contributed by atoms with Crippen LogP contribution in [0.1, 0.15) is 31.2 Å². The Morgan fingerprint density at radius 2 is 2.25 bits per heavy atom. The van der Waals surface area contributed by atoms with E-state index in [4.69, 9.17) is 0 Å². The van der Waals surface area contributed by atoms with E-state index in [1.165, 1.54) is 41.0 Å². The maximum atomic E-state index is 3.73. The van der Waals surface area contributed by atoms with E-state index in [0.29, 0.717) is 6.04 Å². The maximum Gasteiger partial charge on any atom is 0.0386 e. The standard InChI is InChI=1S/C17H24N2S/c1-3-19-9-8-14(12-19)11-18-13(2)17-10-15-6-4-5-7-16(15)20-17/h4-7,10,13-14,18H,3,8-9,11-12H2,1-2H3. The molecule has 2 aromatic rings. The molecule has 0 bridgehead atoms. The first kappa shape index (κ1) is 14.1. The van der Waals surface area contributed by atoms with Crippen molar-refractivity contribution >= 4 is 21.4 Å². The summed E-state index contributed by atoms with van der Waals surface area (Å²) in [6.45, 7) is 9.43. The summed E-state index contributed by atoms with van der Waals surface area (Å²) in [6.07, 6.45) is 1.35. The van der Waals surface area contributed by atoms with E-state index in [1.807, 2.05) is 11.3 Å². The number of nitrogens with one attached hydrogen (secondary N) is 1. The zero-order valence-electron chi connectivity index (χ0n) is 12.4. The predicted molar refractivity (Wildman–Crippen MR) is 88.5 cm³/mol. The lowest BCUT2D eigenvalue weighted by Crippen LogP contribution is -2.28. The first-order valence-corrected chi connectivity index (χ1v) is 8.52. The van der Waals surface area contributed by atoms with Crippen LogP contribution in [0.2, 0.25) is 0 Å². The highest BCUT2D eigenvalue weighted by Crippen LogP contribution is 2.29. The first-order chi connectivity index (χ1) is 9.76. The van der Waals surface area contributed by atoms with E-state index in [1.54, 1.807) is 0 Å². The monoisotopic (exact) mass is 288 g/mol. The number of rotatable bonds is 5. The van der Waals surface area contributed by atoms with Crippen LogP contribution in [0.3, 0.4) is 0 Å². The molecule has 1 aromatic carbocycles. The number of nitrogens with zero attached hydrogens (tertiary/aromatic N) is 1. The number of hydrogen-bond acceptors (Lipinski definition) is 3. The molecule has 3 rings (SSSR count). The van der Waals surface area contributed by atoms with E-state index >= 15 is 0 Å². The van der Waals surface area contributed by atoms with Gasteiger partial charge in [0.25, 0.3) is 0 Å². The van der Waals surface area contributed by atoms with Gasteiger partial charge in [0.1, 0.15) is 0 Å². The first-order valence-electron chi connectivity index (χ1n) is 7.70. The third-order valence-electron chi connectivity index (χ3n) is 4.40. The SMILES string of the molecule is CCN1CCC(CNC(C)c2cc3ccccc3s2)C1. The summed E-state index contributed by atoms with van der Waals surface area (Å²) in [5, 5.41) is 5.10. The van der Waals surface area contributed by atoms with Gasteiger partial charge in [0.2, 0.25) is 0 Å². The Hall–Kier alpha value is -0.900. The van der Waals surface area contributed by atoms with Gasteiger partial charge < -0.3 is 10.2 Å². The number of benzene rings is 1. The molecule has 1 aliphatic rings. The van der Waals surface area contributed by atoms with Gasteiger partial charge in [0, 0.05) is 22.2 Å². The highest BCUT2D eigenvalue weighted by atomic mass is 32.1. The molecule has 1 N–H and O–H groups in total. The average molecular weight is 288 g/mol. The predicted octanol–water partition coefficient (Wildman–Crippen LogP) is 3.89. The Morgan fingerprint density at radius 3 is 3.00 bits per heavy atom. The summed E-state index contributed by atoms with van der Waals surface area (Å²) in [5.41, 5.74) is 0. The molecule has 3 heteroatoms. The molecule has 2 heterocycles. The molecule has 0 saturated carbocycles. The van der Waals surface area contributed by atoms with Crippen molar-refractivity contribution in [1.29, 1.82) is 0 Å². The average Bonchev–Trinajstić information content (AvgIpc) is 3.10. The Kier molecular flexibility index (Phi) is 4.39.